The summed E-state index contributed by atoms with van der Waals surface area (Å²) < 4.78 is 23.6. The number of guanidine groups is 1. The predicted octanol–water partition coefficient (Wildman–Crippen LogP) is 2.56. The second-order valence-corrected chi connectivity index (χ2v) is 10.8. The summed E-state index contributed by atoms with van der Waals surface area (Å²) in [7, 11) is -3.04. The molecule has 0 bridgehead atoms. The molecule has 0 atom stereocenters. The first-order valence-corrected chi connectivity index (χ1v) is 11.3. The molecule has 1 fully saturated rings. The number of hydrogen-bond acceptors (Lipinski definition) is 4. The third kappa shape index (κ3) is 5.38. The summed E-state index contributed by atoms with van der Waals surface area (Å²) in [6, 6.07) is 8.50. The van der Waals surface area contributed by atoms with Gasteiger partial charge in [-0.1, -0.05) is 17.7 Å². The van der Waals surface area contributed by atoms with Crippen molar-refractivity contribution >= 4 is 27.6 Å². The van der Waals surface area contributed by atoms with Crippen molar-refractivity contribution in [3.8, 4) is 0 Å². The fourth-order valence-electron chi connectivity index (χ4n) is 2.70. The van der Waals surface area contributed by atoms with Gasteiger partial charge >= 0.3 is 0 Å². The average Bonchev–Trinajstić information content (AvgIpc) is 2.55. The van der Waals surface area contributed by atoms with Crippen LogP contribution in [0.5, 0.6) is 0 Å². The highest BCUT2D eigenvalue weighted by molar-refractivity contribution is 7.99. The van der Waals surface area contributed by atoms with Crippen molar-refractivity contribution in [2.75, 3.05) is 37.7 Å². The van der Waals surface area contributed by atoms with E-state index in [0.717, 1.165) is 18.3 Å². The highest BCUT2D eigenvalue weighted by atomic mass is 32.2. The highest BCUT2D eigenvalue weighted by Crippen LogP contribution is 2.24. The number of rotatable bonds is 5. The third-order valence-corrected chi connectivity index (χ3v) is 7.85. The minimum absolute atomic E-state index is 0.183. The summed E-state index contributed by atoms with van der Waals surface area (Å²) in [6.07, 6.45) is 0. The van der Waals surface area contributed by atoms with Crippen LogP contribution in [-0.2, 0) is 9.84 Å². The van der Waals surface area contributed by atoms with E-state index in [1.165, 1.54) is 10.5 Å². The van der Waals surface area contributed by atoms with Crippen molar-refractivity contribution in [2.45, 2.75) is 37.3 Å². The Morgan fingerprint density at radius 1 is 1.32 bits per heavy atom. The minimum atomic E-state index is -3.04. The normalized spacial score (nSPS) is 19.7. The van der Waals surface area contributed by atoms with Crippen LogP contribution in [0.1, 0.15) is 26.3 Å². The topological polar surface area (TPSA) is 61.8 Å². The molecule has 140 valence electrons. The van der Waals surface area contributed by atoms with Crippen LogP contribution in [0, 0.1) is 6.92 Å². The molecule has 5 nitrogen and oxygen atoms in total. The second kappa shape index (κ2) is 8.45. The average molecular weight is 384 g/mol. The van der Waals surface area contributed by atoms with Crippen LogP contribution in [-0.4, -0.2) is 61.7 Å². The molecule has 1 heterocycles. The Morgan fingerprint density at radius 3 is 2.60 bits per heavy atom. The fourth-order valence-corrected chi connectivity index (χ4v) is 4.81. The molecule has 0 saturated carbocycles. The lowest BCUT2D eigenvalue weighted by Gasteiger charge is -2.39. The zero-order valence-electron chi connectivity index (χ0n) is 15.6. The molecule has 1 saturated heterocycles. The van der Waals surface area contributed by atoms with Crippen LogP contribution in [0.15, 0.2) is 34.2 Å². The van der Waals surface area contributed by atoms with Gasteiger partial charge in [-0.15, -0.1) is 11.8 Å². The first kappa shape index (κ1) is 20.1. The Morgan fingerprint density at radius 2 is 2.00 bits per heavy atom. The summed E-state index contributed by atoms with van der Waals surface area (Å²) in [5, 5.41) is 3.30. The van der Waals surface area contributed by atoms with Crippen LogP contribution in [0.25, 0.3) is 0 Å². The molecular weight excluding hydrogens is 354 g/mol. The van der Waals surface area contributed by atoms with Crippen LogP contribution in [0.2, 0.25) is 0 Å². The molecule has 2 rings (SSSR count). The Kier molecular flexibility index (Phi) is 6.79. The lowest BCUT2D eigenvalue weighted by molar-refractivity contribution is 0.353. The minimum Gasteiger partial charge on any atom is -0.357 e. The molecule has 1 aromatic carbocycles. The van der Waals surface area contributed by atoms with Crippen molar-refractivity contribution in [1.29, 1.82) is 0 Å². The Bertz CT molecular complexity index is 698. The molecule has 0 aliphatic carbocycles. The predicted molar refractivity (Wildman–Crippen MR) is 107 cm³/mol. The summed E-state index contributed by atoms with van der Waals surface area (Å²) in [5.74, 6) is 1.89. The van der Waals surface area contributed by atoms with E-state index in [-0.39, 0.29) is 5.75 Å². The maximum atomic E-state index is 12.2. The maximum absolute atomic E-state index is 12.2. The standard InChI is InChI=1S/C18H29N3O2S2/c1-5-19-17(21-11-13-25(22,23)18(3,4)14-21)20-10-12-24-16-8-6-15(2)7-9-16/h6-9H,5,10-14H2,1-4H3,(H,19,20). The molecule has 1 N–H and O–H groups in total. The van der Waals surface area contributed by atoms with Gasteiger partial charge < -0.3 is 10.2 Å². The summed E-state index contributed by atoms with van der Waals surface area (Å²) in [4.78, 5) is 8.02. The monoisotopic (exact) mass is 383 g/mol. The molecule has 1 aliphatic rings. The van der Waals surface area contributed by atoms with Gasteiger partial charge in [0, 0.05) is 30.3 Å². The van der Waals surface area contributed by atoms with Crippen molar-refractivity contribution in [2.24, 2.45) is 4.99 Å². The summed E-state index contributed by atoms with van der Waals surface area (Å²) >= 11 is 1.79. The molecular formula is C18H29N3O2S2. The van der Waals surface area contributed by atoms with E-state index >= 15 is 0 Å². The number of sulfone groups is 1. The molecule has 25 heavy (non-hydrogen) atoms. The largest absolute Gasteiger partial charge is 0.357 e. The van der Waals surface area contributed by atoms with Crippen LogP contribution in [0.4, 0.5) is 0 Å². The summed E-state index contributed by atoms with van der Waals surface area (Å²) in [5.41, 5.74) is 1.26. The van der Waals surface area contributed by atoms with Gasteiger partial charge in [0.15, 0.2) is 15.8 Å². The zero-order valence-corrected chi connectivity index (χ0v) is 17.2. The van der Waals surface area contributed by atoms with Crippen molar-refractivity contribution in [3.05, 3.63) is 29.8 Å². The van der Waals surface area contributed by atoms with Gasteiger partial charge in [0.05, 0.1) is 17.0 Å². The van der Waals surface area contributed by atoms with E-state index in [0.29, 0.717) is 19.6 Å². The lowest BCUT2D eigenvalue weighted by atomic mass is 10.2. The lowest BCUT2D eigenvalue weighted by Crippen LogP contribution is -2.57. The summed E-state index contributed by atoms with van der Waals surface area (Å²) in [6.45, 7) is 10.2. The molecule has 7 heteroatoms. The number of nitrogens with zero attached hydrogens (tertiary/aromatic N) is 2. The van der Waals surface area contributed by atoms with Crippen molar-refractivity contribution < 1.29 is 8.42 Å². The highest BCUT2D eigenvalue weighted by Gasteiger charge is 2.40. The van der Waals surface area contributed by atoms with E-state index in [1.807, 2.05) is 6.92 Å². The number of thioether (sulfide) groups is 1. The van der Waals surface area contributed by atoms with Crippen LogP contribution >= 0.6 is 11.8 Å². The molecule has 1 aliphatic heterocycles. The van der Waals surface area contributed by atoms with Crippen molar-refractivity contribution in [3.63, 3.8) is 0 Å². The van der Waals surface area contributed by atoms with Crippen LogP contribution < -0.4 is 5.32 Å². The van der Waals surface area contributed by atoms with Crippen molar-refractivity contribution in [1.82, 2.24) is 10.2 Å². The number of benzene rings is 1. The number of aliphatic imine (C=N–C) groups is 1. The molecule has 0 amide bonds. The Hall–Kier alpha value is -1.21. The van der Waals surface area contributed by atoms with Gasteiger partial charge in [-0.3, -0.25) is 4.99 Å². The zero-order chi connectivity index (χ0) is 18.5. The molecule has 1 aromatic rings. The fraction of sp³-hybridized carbons (Fsp3) is 0.611. The first-order chi connectivity index (χ1) is 11.7. The van der Waals surface area contributed by atoms with Gasteiger partial charge in [0.2, 0.25) is 0 Å². The van der Waals surface area contributed by atoms with E-state index in [1.54, 1.807) is 25.6 Å². The van der Waals surface area contributed by atoms with Gasteiger partial charge in [-0.05, 0) is 39.8 Å². The van der Waals surface area contributed by atoms with E-state index in [4.69, 9.17) is 4.99 Å². The Balaban J connectivity index is 1.95. The molecule has 0 spiro atoms. The molecule has 0 radical (unpaired) electrons. The SMILES string of the molecule is CCNC(=NCCSc1ccc(C)cc1)N1CCS(=O)(=O)C(C)(C)C1. The van der Waals surface area contributed by atoms with Gasteiger partial charge in [0.1, 0.15) is 0 Å². The number of nitrogens with one attached hydrogen (secondary N) is 1. The second-order valence-electron chi connectivity index (χ2n) is 6.90. The van der Waals surface area contributed by atoms with Crippen LogP contribution in [0.3, 0.4) is 0 Å². The van der Waals surface area contributed by atoms with E-state index in [9.17, 15) is 8.42 Å². The smallest absolute Gasteiger partial charge is 0.194 e. The van der Waals surface area contributed by atoms with E-state index < -0.39 is 14.6 Å². The van der Waals surface area contributed by atoms with E-state index in [2.05, 4.69) is 41.4 Å². The molecule has 0 aromatic heterocycles. The number of aryl methyl sites for hydroxylation is 1. The number of hydrogen-bond donors (Lipinski definition) is 1. The quantitative estimate of drug-likeness (QED) is 0.366. The van der Waals surface area contributed by atoms with Gasteiger partial charge in [-0.2, -0.15) is 0 Å². The Labute approximate surface area is 156 Å². The maximum Gasteiger partial charge on any atom is 0.194 e. The third-order valence-electron chi connectivity index (χ3n) is 4.32. The van der Waals surface area contributed by atoms with Gasteiger partial charge in [0.25, 0.3) is 0 Å². The first-order valence-electron chi connectivity index (χ1n) is 8.70. The van der Waals surface area contributed by atoms with Gasteiger partial charge in [-0.25, -0.2) is 8.42 Å². The molecule has 0 unspecified atom stereocenters.